The third kappa shape index (κ3) is 3.84. The van der Waals surface area contributed by atoms with E-state index in [1.807, 2.05) is 0 Å². The van der Waals surface area contributed by atoms with E-state index in [9.17, 15) is 14.7 Å². The minimum atomic E-state index is -0.355. The first kappa shape index (κ1) is 12.6. The number of aromatic amines is 2. The van der Waals surface area contributed by atoms with Crippen LogP contribution in [-0.2, 0) is 11.2 Å². The van der Waals surface area contributed by atoms with Crippen LogP contribution < -0.4 is 11.0 Å². The fourth-order valence-corrected chi connectivity index (χ4v) is 1.46. The van der Waals surface area contributed by atoms with E-state index in [1.54, 1.807) is 12.1 Å². The molecule has 0 unspecified atom stereocenters. The van der Waals surface area contributed by atoms with Crippen molar-refractivity contribution in [3.05, 3.63) is 51.9 Å². The van der Waals surface area contributed by atoms with Crippen molar-refractivity contribution in [2.75, 3.05) is 0 Å². The maximum absolute atomic E-state index is 11.5. The maximum atomic E-state index is 11.5. The first-order valence-electron chi connectivity index (χ1n) is 5.51. The van der Waals surface area contributed by atoms with Gasteiger partial charge in [-0.1, -0.05) is 12.1 Å². The number of hydrogen-bond acceptors (Lipinski definition) is 4. The molecule has 7 heteroatoms. The summed E-state index contributed by atoms with van der Waals surface area (Å²) in [5, 5.41) is 17.9. The predicted molar refractivity (Wildman–Crippen MR) is 69.0 cm³/mol. The van der Waals surface area contributed by atoms with Crippen molar-refractivity contribution < 1.29 is 9.90 Å². The SMILES string of the molecule is O=C(Cc1cc(=O)[nH][nH]1)N/N=C\c1cccc(O)c1. The molecule has 1 amide bonds. The van der Waals surface area contributed by atoms with E-state index in [-0.39, 0.29) is 23.6 Å². The Hall–Kier alpha value is -2.83. The van der Waals surface area contributed by atoms with Crippen LogP contribution in [-0.4, -0.2) is 27.4 Å². The van der Waals surface area contributed by atoms with E-state index in [0.717, 1.165) is 0 Å². The standard InChI is InChI=1S/C12H12N4O3/c17-10-3-1-2-8(4-10)7-13-15-11(18)5-9-6-12(19)16-14-9/h1-4,6-7,17H,5H2,(H,15,18)(H2,14,16,19)/b13-7-. The molecule has 0 aliphatic carbocycles. The molecule has 0 saturated heterocycles. The van der Waals surface area contributed by atoms with E-state index >= 15 is 0 Å². The van der Waals surface area contributed by atoms with Crippen LogP contribution in [0.2, 0.25) is 0 Å². The average molecular weight is 260 g/mol. The van der Waals surface area contributed by atoms with E-state index < -0.39 is 0 Å². The molecule has 2 rings (SSSR count). The van der Waals surface area contributed by atoms with Crippen LogP contribution in [0.1, 0.15) is 11.3 Å². The molecule has 0 spiro atoms. The number of benzene rings is 1. The Labute approximate surface area is 108 Å². The fourth-order valence-electron chi connectivity index (χ4n) is 1.46. The monoisotopic (exact) mass is 260 g/mol. The molecule has 2 aromatic rings. The summed E-state index contributed by atoms with van der Waals surface area (Å²) in [7, 11) is 0. The summed E-state index contributed by atoms with van der Waals surface area (Å²) < 4.78 is 0. The summed E-state index contributed by atoms with van der Waals surface area (Å²) in [4.78, 5) is 22.3. The van der Waals surface area contributed by atoms with Gasteiger partial charge in [-0.05, 0) is 17.7 Å². The van der Waals surface area contributed by atoms with Crippen molar-refractivity contribution >= 4 is 12.1 Å². The third-order valence-electron chi connectivity index (χ3n) is 2.28. The number of hydrazone groups is 1. The molecule has 4 N–H and O–H groups in total. The van der Waals surface area contributed by atoms with E-state index in [0.29, 0.717) is 11.3 Å². The van der Waals surface area contributed by atoms with Crippen molar-refractivity contribution in [3.63, 3.8) is 0 Å². The van der Waals surface area contributed by atoms with Crippen molar-refractivity contribution in [1.82, 2.24) is 15.6 Å². The molecular weight excluding hydrogens is 248 g/mol. The van der Waals surface area contributed by atoms with E-state index in [1.165, 1.54) is 24.4 Å². The number of phenolic OH excluding ortho intramolecular Hbond substituents is 1. The molecule has 1 heterocycles. The highest BCUT2D eigenvalue weighted by atomic mass is 16.3. The van der Waals surface area contributed by atoms with Gasteiger partial charge in [0.05, 0.1) is 12.6 Å². The Morgan fingerprint density at radius 1 is 1.37 bits per heavy atom. The molecule has 7 nitrogen and oxygen atoms in total. The lowest BCUT2D eigenvalue weighted by Gasteiger charge is -1.97. The Balaban J connectivity index is 1.88. The Bertz CT molecular complexity index is 657. The Morgan fingerprint density at radius 2 is 2.21 bits per heavy atom. The zero-order valence-electron chi connectivity index (χ0n) is 9.88. The quantitative estimate of drug-likeness (QED) is 0.462. The number of carbonyl (C=O) groups excluding carboxylic acids is 1. The molecule has 19 heavy (non-hydrogen) atoms. The summed E-state index contributed by atoms with van der Waals surface area (Å²) >= 11 is 0. The summed E-state index contributed by atoms with van der Waals surface area (Å²) in [6.07, 6.45) is 1.44. The van der Waals surface area contributed by atoms with Crippen LogP contribution in [0.5, 0.6) is 5.75 Å². The zero-order chi connectivity index (χ0) is 13.7. The molecule has 0 fully saturated rings. The lowest BCUT2D eigenvalue weighted by molar-refractivity contribution is -0.120. The van der Waals surface area contributed by atoms with Crippen LogP contribution in [0, 0.1) is 0 Å². The van der Waals surface area contributed by atoms with Gasteiger partial charge in [0.1, 0.15) is 5.75 Å². The molecule has 0 saturated carbocycles. The van der Waals surface area contributed by atoms with Gasteiger partial charge in [-0.15, -0.1) is 0 Å². The fraction of sp³-hybridized carbons (Fsp3) is 0.0833. The predicted octanol–water partition coefficient (Wildman–Crippen LogP) is 0.101. The molecule has 1 aromatic heterocycles. The van der Waals surface area contributed by atoms with Gasteiger partial charge in [0.15, 0.2) is 0 Å². The Kier molecular flexibility index (Phi) is 3.77. The van der Waals surface area contributed by atoms with Crippen LogP contribution in [0.25, 0.3) is 0 Å². The summed E-state index contributed by atoms with van der Waals surface area (Å²) in [5.74, 6) is -0.230. The normalized spacial score (nSPS) is 10.7. The molecule has 0 radical (unpaired) electrons. The number of aromatic hydroxyl groups is 1. The van der Waals surface area contributed by atoms with Gasteiger partial charge in [0.2, 0.25) is 5.91 Å². The zero-order valence-corrected chi connectivity index (χ0v) is 9.88. The molecule has 0 aliphatic heterocycles. The van der Waals surface area contributed by atoms with E-state index in [2.05, 4.69) is 20.7 Å². The summed E-state index contributed by atoms with van der Waals surface area (Å²) in [6.45, 7) is 0. The van der Waals surface area contributed by atoms with Gasteiger partial charge >= 0.3 is 0 Å². The van der Waals surface area contributed by atoms with Gasteiger partial charge in [-0.3, -0.25) is 14.7 Å². The number of nitrogens with one attached hydrogen (secondary N) is 3. The van der Waals surface area contributed by atoms with Crippen LogP contribution in [0.4, 0.5) is 0 Å². The number of hydrogen-bond donors (Lipinski definition) is 4. The van der Waals surface area contributed by atoms with Gasteiger partial charge in [0, 0.05) is 11.8 Å². The van der Waals surface area contributed by atoms with Gasteiger partial charge in [-0.2, -0.15) is 5.10 Å². The molecule has 98 valence electrons. The second-order valence-electron chi connectivity index (χ2n) is 3.85. The first-order chi connectivity index (χ1) is 9.13. The second-order valence-corrected chi connectivity index (χ2v) is 3.85. The number of amides is 1. The smallest absolute Gasteiger partial charge is 0.264 e. The van der Waals surface area contributed by atoms with Crippen LogP contribution in [0.3, 0.4) is 0 Å². The highest BCUT2D eigenvalue weighted by Crippen LogP contribution is 2.08. The first-order valence-corrected chi connectivity index (χ1v) is 5.51. The molecule has 0 bridgehead atoms. The van der Waals surface area contributed by atoms with E-state index in [4.69, 9.17) is 0 Å². The average Bonchev–Trinajstić information content (AvgIpc) is 2.75. The minimum absolute atomic E-state index is 0.0239. The number of carbonyl (C=O) groups is 1. The van der Waals surface area contributed by atoms with Gasteiger partial charge < -0.3 is 10.2 Å². The van der Waals surface area contributed by atoms with Crippen molar-refractivity contribution in [2.45, 2.75) is 6.42 Å². The molecule has 0 atom stereocenters. The highest BCUT2D eigenvalue weighted by molar-refractivity contribution is 5.83. The largest absolute Gasteiger partial charge is 0.508 e. The van der Waals surface area contributed by atoms with Crippen molar-refractivity contribution in [1.29, 1.82) is 0 Å². The number of nitrogens with zero attached hydrogens (tertiary/aromatic N) is 1. The topological polar surface area (TPSA) is 110 Å². The van der Waals surface area contributed by atoms with Crippen molar-refractivity contribution in [3.8, 4) is 5.75 Å². The number of H-pyrrole nitrogens is 2. The molecule has 0 aliphatic rings. The van der Waals surface area contributed by atoms with Crippen LogP contribution in [0.15, 0.2) is 40.2 Å². The van der Waals surface area contributed by atoms with Gasteiger partial charge in [-0.25, -0.2) is 5.43 Å². The summed E-state index contributed by atoms with van der Waals surface area (Å²) in [5.41, 5.74) is 3.18. The lowest BCUT2D eigenvalue weighted by Crippen LogP contribution is -2.20. The number of rotatable bonds is 4. The summed E-state index contributed by atoms with van der Waals surface area (Å²) in [6, 6.07) is 7.76. The minimum Gasteiger partial charge on any atom is -0.508 e. The highest BCUT2D eigenvalue weighted by Gasteiger charge is 2.03. The Morgan fingerprint density at radius 3 is 2.89 bits per heavy atom. The van der Waals surface area contributed by atoms with Crippen molar-refractivity contribution in [2.24, 2.45) is 5.10 Å². The third-order valence-corrected chi connectivity index (χ3v) is 2.28. The maximum Gasteiger partial charge on any atom is 0.264 e. The second kappa shape index (κ2) is 5.67. The van der Waals surface area contributed by atoms with Gasteiger partial charge in [0.25, 0.3) is 5.56 Å². The number of aromatic nitrogens is 2. The lowest BCUT2D eigenvalue weighted by atomic mass is 10.2. The molecule has 1 aromatic carbocycles. The molecular formula is C12H12N4O3. The van der Waals surface area contributed by atoms with Crippen LogP contribution >= 0.6 is 0 Å². The number of phenols is 1.